The standard InChI is InChI=1S/C18H22ClN3O2/c1-13(18(24)21-17-8-7-15(20)11-16(17)19)22(9-10-23)12-14-5-3-2-4-6-14/h2-8,11,13,23H,9-10,12,20H2,1H3,(H,21,24). The second kappa shape index (κ2) is 8.68. The molecular formula is C18H22ClN3O2. The van der Waals surface area contributed by atoms with Gasteiger partial charge in [-0.1, -0.05) is 41.9 Å². The van der Waals surface area contributed by atoms with E-state index in [1.807, 2.05) is 35.2 Å². The smallest absolute Gasteiger partial charge is 0.241 e. The molecule has 2 aromatic rings. The molecule has 0 heterocycles. The summed E-state index contributed by atoms with van der Waals surface area (Å²) in [7, 11) is 0. The summed E-state index contributed by atoms with van der Waals surface area (Å²) in [4.78, 5) is 14.4. The highest BCUT2D eigenvalue weighted by Crippen LogP contribution is 2.24. The van der Waals surface area contributed by atoms with Crippen molar-refractivity contribution in [2.45, 2.75) is 19.5 Å². The largest absolute Gasteiger partial charge is 0.399 e. The summed E-state index contributed by atoms with van der Waals surface area (Å²) in [6.45, 7) is 2.76. The number of hydrogen-bond donors (Lipinski definition) is 3. The molecule has 2 rings (SSSR count). The van der Waals surface area contributed by atoms with Gasteiger partial charge in [0.25, 0.3) is 0 Å². The Hall–Kier alpha value is -2.08. The van der Waals surface area contributed by atoms with Crippen LogP contribution in [0.2, 0.25) is 5.02 Å². The maximum atomic E-state index is 12.5. The highest BCUT2D eigenvalue weighted by atomic mass is 35.5. The Morgan fingerprint density at radius 2 is 2.00 bits per heavy atom. The third-order valence-electron chi connectivity index (χ3n) is 3.79. The van der Waals surface area contributed by atoms with Crippen LogP contribution in [0.3, 0.4) is 0 Å². The van der Waals surface area contributed by atoms with Crippen molar-refractivity contribution >= 4 is 28.9 Å². The number of benzene rings is 2. The van der Waals surface area contributed by atoms with Crippen molar-refractivity contribution in [1.82, 2.24) is 4.90 Å². The molecule has 5 nitrogen and oxygen atoms in total. The molecule has 0 aliphatic heterocycles. The average Bonchev–Trinajstić information content (AvgIpc) is 2.57. The molecule has 0 aromatic heterocycles. The van der Waals surface area contributed by atoms with Crippen molar-refractivity contribution in [1.29, 1.82) is 0 Å². The van der Waals surface area contributed by atoms with Crippen molar-refractivity contribution in [3.8, 4) is 0 Å². The Balaban J connectivity index is 2.07. The van der Waals surface area contributed by atoms with Crippen LogP contribution in [-0.2, 0) is 11.3 Å². The lowest BCUT2D eigenvalue weighted by Gasteiger charge is -2.27. The summed E-state index contributed by atoms with van der Waals surface area (Å²) in [6.07, 6.45) is 0. The predicted molar refractivity (Wildman–Crippen MR) is 97.9 cm³/mol. The number of nitrogen functional groups attached to an aromatic ring is 1. The molecule has 0 radical (unpaired) electrons. The van der Waals surface area contributed by atoms with Gasteiger partial charge < -0.3 is 16.2 Å². The lowest BCUT2D eigenvalue weighted by atomic mass is 10.1. The molecule has 0 saturated carbocycles. The fourth-order valence-corrected chi connectivity index (χ4v) is 2.63. The number of hydrogen-bond acceptors (Lipinski definition) is 4. The van der Waals surface area contributed by atoms with Crippen LogP contribution >= 0.6 is 11.6 Å². The third-order valence-corrected chi connectivity index (χ3v) is 4.11. The molecule has 1 unspecified atom stereocenters. The quantitative estimate of drug-likeness (QED) is 0.673. The molecule has 0 aliphatic carbocycles. The van der Waals surface area contributed by atoms with Gasteiger partial charge in [0.1, 0.15) is 0 Å². The zero-order valence-corrected chi connectivity index (χ0v) is 14.3. The van der Waals surface area contributed by atoms with Gasteiger partial charge in [-0.3, -0.25) is 9.69 Å². The molecule has 0 aliphatic rings. The molecule has 0 fully saturated rings. The van der Waals surface area contributed by atoms with Gasteiger partial charge in [-0.2, -0.15) is 0 Å². The summed E-state index contributed by atoms with van der Waals surface area (Å²) in [5.41, 5.74) is 7.80. The van der Waals surface area contributed by atoms with Crippen LogP contribution in [0.15, 0.2) is 48.5 Å². The van der Waals surface area contributed by atoms with Crippen LogP contribution < -0.4 is 11.1 Å². The number of nitrogens with two attached hydrogens (primary N) is 1. The Morgan fingerprint density at radius 3 is 2.62 bits per heavy atom. The van der Waals surface area contributed by atoms with E-state index in [2.05, 4.69) is 5.32 Å². The van der Waals surface area contributed by atoms with E-state index in [9.17, 15) is 9.90 Å². The molecule has 4 N–H and O–H groups in total. The molecule has 1 amide bonds. The summed E-state index contributed by atoms with van der Waals surface area (Å²) in [5, 5.41) is 12.5. The number of rotatable bonds is 7. The van der Waals surface area contributed by atoms with E-state index in [-0.39, 0.29) is 12.5 Å². The number of aliphatic hydroxyl groups is 1. The minimum absolute atomic E-state index is 0.0208. The van der Waals surface area contributed by atoms with E-state index < -0.39 is 6.04 Å². The molecular weight excluding hydrogens is 326 g/mol. The van der Waals surface area contributed by atoms with E-state index in [0.717, 1.165) is 5.56 Å². The summed E-state index contributed by atoms with van der Waals surface area (Å²) >= 11 is 6.10. The van der Waals surface area contributed by atoms with E-state index in [1.54, 1.807) is 25.1 Å². The van der Waals surface area contributed by atoms with Gasteiger partial charge in [-0.05, 0) is 30.7 Å². The van der Waals surface area contributed by atoms with Gasteiger partial charge in [0.05, 0.1) is 23.4 Å². The van der Waals surface area contributed by atoms with Crippen LogP contribution in [0, 0.1) is 0 Å². The van der Waals surface area contributed by atoms with Gasteiger partial charge in [0.2, 0.25) is 5.91 Å². The second-order valence-corrected chi connectivity index (χ2v) is 5.99. The van der Waals surface area contributed by atoms with Crippen LogP contribution in [-0.4, -0.2) is 35.1 Å². The normalized spacial score (nSPS) is 12.2. The first-order valence-electron chi connectivity index (χ1n) is 7.76. The van der Waals surface area contributed by atoms with E-state index in [1.165, 1.54) is 0 Å². The second-order valence-electron chi connectivity index (χ2n) is 5.58. The topological polar surface area (TPSA) is 78.6 Å². The molecule has 24 heavy (non-hydrogen) atoms. The van der Waals surface area contributed by atoms with Crippen molar-refractivity contribution in [2.24, 2.45) is 0 Å². The minimum atomic E-state index is -0.425. The predicted octanol–water partition coefficient (Wildman–Crippen LogP) is 2.74. The summed E-state index contributed by atoms with van der Waals surface area (Å²) < 4.78 is 0. The Kier molecular flexibility index (Phi) is 6.61. The number of carbonyl (C=O) groups excluding carboxylic acids is 1. The molecule has 0 bridgehead atoms. The first-order chi connectivity index (χ1) is 11.5. The van der Waals surface area contributed by atoms with Crippen molar-refractivity contribution in [2.75, 3.05) is 24.2 Å². The van der Waals surface area contributed by atoms with Crippen LogP contribution in [0.4, 0.5) is 11.4 Å². The number of nitrogens with one attached hydrogen (secondary N) is 1. The van der Waals surface area contributed by atoms with Gasteiger partial charge >= 0.3 is 0 Å². The molecule has 6 heteroatoms. The van der Waals surface area contributed by atoms with Crippen LogP contribution in [0.5, 0.6) is 0 Å². The van der Waals surface area contributed by atoms with Gasteiger partial charge in [0.15, 0.2) is 0 Å². The average molecular weight is 348 g/mol. The molecule has 0 saturated heterocycles. The molecule has 128 valence electrons. The van der Waals surface area contributed by atoms with E-state index in [0.29, 0.717) is 29.5 Å². The number of halogens is 1. The highest BCUT2D eigenvalue weighted by Gasteiger charge is 2.21. The summed E-state index contributed by atoms with van der Waals surface area (Å²) in [6, 6.07) is 14.4. The summed E-state index contributed by atoms with van der Waals surface area (Å²) in [5.74, 6) is -0.189. The molecule has 2 aromatic carbocycles. The maximum absolute atomic E-state index is 12.5. The first kappa shape index (κ1) is 18.3. The number of nitrogens with zero attached hydrogens (tertiary/aromatic N) is 1. The SMILES string of the molecule is CC(C(=O)Nc1ccc(N)cc1Cl)N(CCO)Cc1ccccc1. The van der Waals surface area contributed by atoms with Crippen molar-refractivity contribution in [3.05, 3.63) is 59.1 Å². The zero-order valence-electron chi connectivity index (χ0n) is 13.6. The third kappa shape index (κ3) is 4.96. The number of amides is 1. The van der Waals surface area contributed by atoms with Gasteiger partial charge in [-0.25, -0.2) is 0 Å². The van der Waals surface area contributed by atoms with Gasteiger partial charge in [0, 0.05) is 18.8 Å². The fourth-order valence-electron chi connectivity index (χ4n) is 2.39. The van der Waals surface area contributed by atoms with Crippen molar-refractivity contribution in [3.63, 3.8) is 0 Å². The lowest BCUT2D eigenvalue weighted by Crippen LogP contribution is -2.43. The van der Waals surface area contributed by atoms with E-state index in [4.69, 9.17) is 17.3 Å². The first-order valence-corrected chi connectivity index (χ1v) is 8.13. The molecule has 1 atom stereocenters. The Bertz CT molecular complexity index is 679. The van der Waals surface area contributed by atoms with Gasteiger partial charge in [-0.15, -0.1) is 0 Å². The van der Waals surface area contributed by atoms with Crippen LogP contribution in [0.1, 0.15) is 12.5 Å². The lowest BCUT2D eigenvalue weighted by molar-refractivity contribution is -0.121. The van der Waals surface area contributed by atoms with E-state index >= 15 is 0 Å². The number of aliphatic hydroxyl groups excluding tert-OH is 1. The maximum Gasteiger partial charge on any atom is 0.241 e. The highest BCUT2D eigenvalue weighted by molar-refractivity contribution is 6.34. The number of carbonyl (C=O) groups is 1. The Morgan fingerprint density at radius 1 is 1.29 bits per heavy atom. The number of anilines is 2. The zero-order chi connectivity index (χ0) is 17.5. The molecule has 0 spiro atoms. The fraction of sp³-hybridized carbons (Fsp3) is 0.278. The Labute approximate surface area is 147 Å². The van der Waals surface area contributed by atoms with Crippen LogP contribution in [0.25, 0.3) is 0 Å². The monoisotopic (exact) mass is 347 g/mol. The minimum Gasteiger partial charge on any atom is -0.399 e. The van der Waals surface area contributed by atoms with Crippen molar-refractivity contribution < 1.29 is 9.90 Å².